The van der Waals surface area contributed by atoms with E-state index < -0.39 is 14.0 Å². The smallest absolute Gasteiger partial charge is 0.341 e. The molecule has 0 bridgehead atoms. The summed E-state index contributed by atoms with van der Waals surface area (Å²) in [6.07, 6.45) is 6.11. The molecule has 1 atom stereocenters. The molecule has 0 amide bonds. The molecule has 40 heavy (non-hydrogen) atoms. The van der Waals surface area contributed by atoms with Crippen molar-refractivity contribution in [1.82, 2.24) is 29.2 Å². The van der Waals surface area contributed by atoms with E-state index in [-0.39, 0.29) is 12.8 Å². The lowest BCUT2D eigenvalue weighted by molar-refractivity contribution is 0.0200. The number of carbonyl (C=O) groups is 1. The van der Waals surface area contributed by atoms with Gasteiger partial charge in [-0.2, -0.15) is 10.1 Å². The third kappa shape index (κ3) is 6.77. The predicted octanol–water partition coefficient (Wildman–Crippen LogP) is 4.93. The number of ether oxygens (including phenoxy) is 3. The molecule has 0 unspecified atom stereocenters. The normalized spacial score (nSPS) is 16.1. The third-order valence-electron chi connectivity index (χ3n) is 6.98. The predicted molar refractivity (Wildman–Crippen MR) is 156 cm³/mol. The highest BCUT2D eigenvalue weighted by atomic mass is 28.3. The summed E-state index contributed by atoms with van der Waals surface area (Å²) in [4.78, 5) is 24.2. The zero-order valence-corrected chi connectivity index (χ0v) is 24.7. The summed E-state index contributed by atoms with van der Waals surface area (Å²) >= 11 is 0. The molecule has 1 fully saturated rings. The Morgan fingerprint density at radius 3 is 2.73 bits per heavy atom. The Balaban J connectivity index is 1.39. The summed E-state index contributed by atoms with van der Waals surface area (Å²) in [5, 5.41) is 4.30. The molecule has 0 spiro atoms. The van der Waals surface area contributed by atoms with Crippen LogP contribution in [0.15, 0.2) is 55.0 Å². The molecule has 212 valence electrons. The highest BCUT2D eigenvalue weighted by molar-refractivity contribution is 6.76. The molecule has 3 aromatic heterocycles. The maximum absolute atomic E-state index is 12.2. The van der Waals surface area contributed by atoms with E-state index in [2.05, 4.69) is 64.7 Å². The van der Waals surface area contributed by atoms with E-state index in [9.17, 15) is 4.79 Å². The van der Waals surface area contributed by atoms with Gasteiger partial charge in [-0.1, -0.05) is 50.0 Å². The lowest BCUT2D eigenvalue weighted by Gasteiger charge is -2.19. The molecule has 0 saturated carbocycles. The SMILES string of the molecule is CCOC(=O)c1cnn(-c2nc(OCOCC[Si](C)(C)C)c3c(ccn3[C@@H]3CCN(Cc4ccccc4)C3)n2)c1. The molecular weight excluding hydrogens is 524 g/mol. The fraction of sp³-hybridized carbons (Fsp3) is 0.448. The van der Waals surface area contributed by atoms with Crippen molar-refractivity contribution in [3.63, 3.8) is 0 Å². The Morgan fingerprint density at radius 2 is 1.95 bits per heavy atom. The number of benzene rings is 1. The number of nitrogens with zero attached hydrogens (tertiary/aromatic N) is 6. The molecule has 0 aliphatic carbocycles. The van der Waals surface area contributed by atoms with E-state index in [0.29, 0.717) is 30.6 Å². The van der Waals surface area contributed by atoms with Crippen LogP contribution in [0.1, 0.15) is 35.3 Å². The average Bonchev–Trinajstić information content (AvgIpc) is 3.68. The highest BCUT2D eigenvalue weighted by Crippen LogP contribution is 2.32. The second kappa shape index (κ2) is 12.3. The first-order chi connectivity index (χ1) is 19.3. The first kappa shape index (κ1) is 28.0. The monoisotopic (exact) mass is 562 g/mol. The number of hydrogen-bond donors (Lipinski definition) is 0. The van der Waals surface area contributed by atoms with E-state index in [0.717, 1.165) is 43.1 Å². The van der Waals surface area contributed by atoms with Crippen LogP contribution >= 0.6 is 0 Å². The van der Waals surface area contributed by atoms with Gasteiger partial charge in [-0.25, -0.2) is 14.5 Å². The number of esters is 1. The number of fused-ring (bicyclic) bond motifs is 1. The minimum absolute atomic E-state index is 0.0964. The van der Waals surface area contributed by atoms with Crippen molar-refractivity contribution < 1.29 is 19.0 Å². The lowest BCUT2D eigenvalue weighted by atomic mass is 10.2. The van der Waals surface area contributed by atoms with Crippen molar-refractivity contribution in [1.29, 1.82) is 0 Å². The summed E-state index contributed by atoms with van der Waals surface area (Å²) < 4.78 is 20.8. The molecule has 1 aliphatic rings. The standard InChI is InChI=1S/C29H38N6O4Si/c1-5-38-28(36)23-17-30-35(19-23)29-31-25-12-14-34(24-11-13-33(20-24)18-22-9-7-6-8-10-22)26(25)27(32-29)39-21-37-15-16-40(2,3)4/h6-10,12,14,17,19,24H,5,11,13,15-16,18,20-21H2,1-4H3/t24-/m1/s1. The van der Waals surface area contributed by atoms with Gasteiger partial charge in [0.25, 0.3) is 5.95 Å². The number of carbonyl (C=O) groups excluding carboxylic acids is 1. The van der Waals surface area contributed by atoms with Crippen molar-refractivity contribution in [3.05, 3.63) is 66.1 Å². The molecule has 5 rings (SSSR count). The Bertz CT molecular complexity index is 1430. The van der Waals surface area contributed by atoms with Crippen LogP contribution in [-0.2, 0) is 16.0 Å². The van der Waals surface area contributed by atoms with Crippen LogP contribution < -0.4 is 4.74 Å². The molecular formula is C29H38N6O4Si. The fourth-order valence-corrected chi connectivity index (χ4v) is 5.60. The zero-order chi connectivity index (χ0) is 28.1. The summed E-state index contributed by atoms with van der Waals surface area (Å²) in [7, 11) is -1.21. The molecule has 1 aliphatic heterocycles. The highest BCUT2D eigenvalue weighted by Gasteiger charge is 2.27. The molecule has 1 aromatic carbocycles. The van der Waals surface area contributed by atoms with Crippen molar-refractivity contribution in [2.45, 2.75) is 51.6 Å². The summed E-state index contributed by atoms with van der Waals surface area (Å²) in [5.74, 6) is 0.317. The number of rotatable bonds is 12. The lowest BCUT2D eigenvalue weighted by Crippen LogP contribution is -2.22. The quantitative estimate of drug-likeness (QED) is 0.104. The maximum Gasteiger partial charge on any atom is 0.341 e. The second-order valence-corrected chi connectivity index (χ2v) is 16.9. The Labute approximate surface area is 235 Å². The summed E-state index contributed by atoms with van der Waals surface area (Å²) in [6.45, 7) is 12.6. The van der Waals surface area contributed by atoms with Gasteiger partial charge in [0.15, 0.2) is 6.79 Å². The number of hydrogen-bond acceptors (Lipinski definition) is 8. The third-order valence-corrected chi connectivity index (χ3v) is 8.69. The van der Waals surface area contributed by atoms with Gasteiger partial charge in [0.05, 0.1) is 23.9 Å². The number of aromatic nitrogens is 5. The average molecular weight is 563 g/mol. The molecule has 4 heterocycles. The van der Waals surface area contributed by atoms with Gasteiger partial charge >= 0.3 is 5.97 Å². The minimum Gasteiger partial charge on any atom is -0.462 e. The van der Waals surface area contributed by atoms with Crippen LogP contribution in [0.25, 0.3) is 17.0 Å². The molecule has 0 N–H and O–H groups in total. The van der Waals surface area contributed by atoms with Gasteiger partial charge < -0.3 is 18.8 Å². The Morgan fingerprint density at radius 1 is 1.12 bits per heavy atom. The van der Waals surface area contributed by atoms with Crippen molar-refractivity contribution in [2.75, 3.05) is 33.1 Å². The summed E-state index contributed by atoms with van der Waals surface area (Å²) in [5.41, 5.74) is 3.23. The fourth-order valence-electron chi connectivity index (χ4n) is 4.84. The Hall–Kier alpha value is -3.54. The van der Waals surface area contributed by atoms with Gasteiger partial charge in [-0.05, 0) is 31.0 Å². The Kier molecular flexibility index (Phi) is 8.62. The molecule has 0 radical (unpaired) electrons. The van der Waals surface area contributed by atoms with E-state index in [1.165, 1.54) is 16.4 Å². The van der Waals surface area contributed by atoms with Crippen molar-refractivity contribution >= 4 is 25.1 Å². The first-order valence-corrected chi connectivity index (χ1v) is 17.6. The van der Waals surface area contributed by atoms with Crippen LogP contribution in [0.5, 0.6) is 5.88 Å². The zero-order valence-electron chi connectivity index (χ0n) is 23.7. The van der Waals surface area contributed by atoms with Crippen molar-refractivity contribution in [3.8, 4) is 11.8 Å². The van der Waals surface area contributed by atoms with Gasteiger partial charge in [-0.15, -0.1) is 0 Å². The van der Waals surface area contributed by atoms with Gasteiger partial charge in [-0.3, -0.25) is 4.90 Å². The van der Waals surface area contributed by atoms with Crippen LogP contribution in [0.2, 0.25) is 25.7 Å². The van der Waals surface area contributed by atoms with Gasteiger partial charge in [0.1, 0.15) is 5.52 Å². The number of likely N-dealkylation sites (tertiary alicyclic amines) is 1. The van der Waals surface area contributed by atoms with Crippen LogP contribution in [0, 0.1) is 0 Å². The second-order valence-electron chi connectivity index (χ2n) is 11.3. The van der Waals surface area contributed by atoms with Gasteiger partial charge in [0, 0.05) is 52.8 Å². The largest absolute Gasteiger partial charge is 0.462 e. The molecule has 1 saturated heterocycles. The molecule has 10 nitrogen and oxygen atoms in total. The van der Waals surface area contributed by atoms with Crippen LogP contribution in [-0.4, -0.2) is 76.4 Å². The minimum atomic E-state index is -1.21. The van der Waals surface area contributed by atoms with Crippen LogP contribution in [0.3, 0.4) is 0 Å². The van der Waals surface area contributed by atoms with E-state index in [4.69, 9.17) is 24.2 Å². The topological polar surface area (TPSA) is 96.5 Å². The maximum atomic E-state index is 12.2. The van der Waals surface area contributed by atoms with E-state index in [1.807, 2.05) is 12.1 Å². The molecule has 4 aromatic rings. The van der Waals surface area contributed by atoms with E-state index >= 15 is 0 Å². The van der Waals surface area contributed by atoms with Gasteiger partial charge in [0.2, 0.25) is 5.88 Å². The first-order valence-electron chi connectivity index (χ1n) is 13.9. The summed E-state index contributed by atoms with van der Waals surface area (Å²) in [6, 6.07) is 13.9. The van der Waals surface area contributed by atoms with E-state index in [1.54, 1.807) is 13.1 Å². The molecule has 11 heteroatoms. The van der Waals surface area contributed by atoms with Crippen LogP contribution in [0.4, 0.5) is 0 Å². The van der Waals surface area contributed by atoms with Crippen molar-refractivity contribution in [2.24, 2.45) is 0 Å².